The van der Waals surface area contributed by atoms with Gasteiger partial charge in [-0.15, -0.1) is 0 Å². The highest BCUT2D eigenvalue weighted by Gasteiger charge is 2.28. The summed E-state index contributed by atoms with van der Waals surface area (Å²) in [7, 11) is 3.79. The van der Waals surface area contributed by atoms with Gasteiger partial charge in [0.25, 0.3) is 0 Å². The van der Waals surface area contributed by atoms with Crippen LogP contribution in [0.25, 0.3) is 0 Å². The zero-order valence-corrected chi connectivity index (χ0v) is 10.9. The Morgan fingerprint density at radius 3 is 2.88 bits per heavy atom. The van der Waals surface area contributed by atoms with Gasteiger partial charge in [0.2, 0.25) is 0 Å². The molecule has 3 heteroatoms. The summed E-state index contributed by atoms with van der Waals surface area (Å²) in [6.45, 7) is 4.79. The molecule has 1 aliphatic rings. The molecule has 1 rings (SSSR count). The summed E-state index contributed by atoms with van der Waals surface area (Å²) in [6, 6.07) is 0. The van der Waals surface area contributed by atoms with Gasteiger partial charge in [-0.2, -0.15) is 0 Å². The van der Waals surface area contributed by atoms with E-state index in [2.05, 4.69) is 18.9 Å². The number of methoxy groups -OCH3 is 1. The molecule has 2 atom stereocenters. The van der Waals surface area contributed by atoms with E-state index in [1.807, 2.05) is 0 Å². The number of carbonyl (C=O) groups is 1. The van der Waals surface area contributed by atoms with E-state index in [1.54, 1.807) is 7.11 Å². The lowest BCUT2D eigenvalue weighted by atomic mass is 9.79. The van der Waals surface area contributed by atoms with Crippen molar-refractivity contribution in [2.45, 2.75) is 32.6 Å². The first kappa shape index (κ1) is 13.7. The molecule has 3 nitrogen and oxygen atoms in total. The van der Waals surface area contributed by atoms with Gasteiger partial charge in [-0.05, 0) is 25.8 Å². The smallest absolute Gasteiger partial charge is 0.137 e. The molecular formula is C13H25NO2. The second-order valence-electron chi connectivity index (χ2n) is 4.97. The van der Waals surface area contributed by atoms with Crippen LogP contribution in [0.2, 0.25) is 0 Å². The molecular weight excluding hydrogens is 202 g/mol. The minimum Gasteiger partial charge on any atom is -0.383 e. The van der Waals surface area contributed by atoms with Crippen molar-refractivity contribution in [2.75, 3.05) is 33.9 Å². The van der Waals surface area contributed by atoms with Gasteiger partial charge in [-0.1, -0.05) is 13.3 Å². The maximum absolute atomic E-state index is 11.8. The number of hydrogen-bond acceptors (Lipinski definition) is 3. The minimum absolute atomic E-state index is 0.264. The SMILES string of the molecule is CCC1CCC(=O)C(CN(C)CCOC)C1. The van der Waals surface area contributed by atoms with Crippen molar-refractivity contribution < 1.29 is 9.53 Å². The summed E-state index contributed by atoms with van der Waals surface area (Å²) in [5, 5.41) is 0. The number of likely N-dealkylation sites (N-methyl/N-ethyl adjacent to an activating group) is 1. The average Bonchev–Trinajstić information content (AvgIpc) is 2.29. The third-order valence-corrected chi connectivity index (χ3v) is 3.66. The van der Waals surface area contributed by atoms with E-state index < -0.39 is 0 Å². The molecule has 0 heterocycles. The lowest BCUT2D eigenvalue weighted by Crippen LogP contribution is -2.36. The van der Waals surface area contributed by atoms with Crippen molar-refractivity contribution in [3.63, 3.8) is 0 Å². The largest absolute Gasteiger partial charge is 0.383 e. The van der Waals surface area contributed by atoms with Gasteiger partial charge >= 0.3 is 0 Å². The molecule has 1 aliphatic carbocycles. The molecule has 0 aromatic rings. The maximum Gasteiger partial charge on any atom is 0.137 e. The van der Waals surface area contributed by atoms with Gasteiger partial charge in [0, 0.05) is 32.5 Å². The molecule has 1 saturated carbocycles. The molecule has 0 aromatic heterocycles. The molecule has 0 aliphatic heterocycles. The van der Waals surface area contributed by atoms with E-state index in [-0.39, 0.29) is 5.92 Å². The van der Waals surface area contributed by atoms with E-state index in [1.165, 1.54) is 6.42 Å². The molecule has 0 aromatic carbocycles. The summed E-state index contributed by atoms with van der Waals surface area (Å²) in [5.74, 6) is 1.49. The molecule has 0 amide bonds. The number of ether oxygens (including phenoxy) is 1. The Labute approximate surface area is 99.1 Å². The molecule has 0 N–H and O–H groups in total. The van der Waals surface area contributed by atoms with Crippen LogP contribution < -0.4 is 0 Å². The van der Waals surface area contributed by atoms with Crippen molar-refractivity contribution in [1.29, 1.82) is 0 Å². The van der Waals surface area contributed by atoms with Gasteiger partial charge in [-0.3, -0.25) is 4.79 Å². The Kier molecular flexibility index (Phi) is 5.99. The molecule has 16 heavy (non-hydrogen) atoms. The van der Waals surface area contributed by atoms with Crippen LogP contribution in [0, 0.1) is 11.8 Å². The number of hydrogen-bond donors (Lipinski definition) is 0. The van der Waals surface area contributed by atoms with E-state index in [0.717, 1.165) is 44.9 Å². The Morgan fingerprint density at radius 1 is 1.50 bits per heavy atom. The number of Topliss-reactive ketones (excluding diaryl/α,β-unsaturated/α-hetero) is 1. The number of ketones is 1. The summed E-state index contributed by atoms with van der Waals surface area (Å²) in [5.41, 5.74) is 0. The molecule has 94 valence electrons. The van der Waals surface area contributed by atoms with Gasteiger partial charge in [0.05, 0.1) is 6.61 Å². The molecule has 0 bridgehead atoms. The fourth-order valence-corrected chi connectivity index (χ4v) is 2.46. The second kappa shape index (κ2) is 7.02. The maximum atomic E-state index is 11.8. The van der Waals surface area contributed by atoms with Crippen LogP contribution in [0.1, 0.15) is 32.6 Å². The third-order valence-electron chi connectivity index (χ3n) is 3.66. The average molecular weight is 227 g/mol. The summed E-state index contributed by atoms with van der Waals surface area (Å²) in [6.07, 6.45) is 4.20. The zero-order valence-electron chi connectivity index (χ0n) is 10.9. The van der Waals surface area contributed by atoms with Crippen LogP contribution in [-0.4, -0.2) is 44.5 Å². The first-order valence-corrected chi connectivity index (χ1v) is 6.37. The fraction of sp³-hybridized carbons (Fsp3) is 0.923. The van der Waals surface area contributed by atoms with Gasteiger partial charge in [0.1, 0.15) is 5.78 Å². The monoisotopic (exact) mass is 227 g/mol. The summed E-state index contributed by atoms with van der Waals surface area (Å²) >= 11 is 0. The Morgan fingerprint density at radius 2 is 2.25 bits per heavy atom. The zero-order chi connectivity index (χ0) is 12.0. The predicted octanol–water partition coefficient (Wildman–Crippen LogP) is 1.96. The van der Waals surface area contributed by atoms with E-state index in [4.69, 9.17) is 4.74 Å². The van der Waals surface area contributed by atoms with Crippen molar-refractivity contribution in [2.24, 2.45) is 11.8 Å². The van der Waals surface area contributed by atoms with Crippen molar-refractivity contribution in [3.8, 4) is 0 Å². The molecule has 2 unspecified atom stereocenters. The normalized spacial score (nSPS) is 26.4. The van der Waals surface area contributed by atoms with Gasteiger partial charge in [0.15, 0.2) is 0 Å². The first-order valence-electron chi connectivity index (χ1n) is 6.37. The van der Waals surface area contributed by atoms with Crippen LogP contribution in [0.15, 0.2) is 0 Å². The Bertz CT molecular complexity index is 218. The molecule has 0 saturated heterocycles. The first-order chi connectivity index (χ1) is 7.67. The Hall–Kier alpha value is -0.410. The van der Waals surface area contributed by atoms with Gasteiger partial charge in [-0.25, -0.2) is 0 Å². The third kappa shape index (κ3) is 4.22. The van der Waals surface area contributed by atoms with Gasteiger partial charge < -0.3 is 9.64 Å². The van der Waals surface area contributed by atoms with E-state index >= 15 is 0 Å². The quantitative estimate of drug-likeness (QED) is 0.694. The minimum atomic E-state index is 0.264. The molecule has 0 spiro atoms. The molecule has 0 radical (unpaired) electrons. The summed E-state index contributed by atoms with van der Waals surface area (Å²) in [4.78, 5) is 14.0. The lowest BCUT2D eigenvalue weighted by molar-refractivity contribution is -0.126. The highest BCUT2D eigenvalue weighted by Crippen LogP contribution is 2.28. The molecule has 1 fully saturated rings. The van der Waals surface area contributed by atoms with Crippen LogP contribution in [0.4, 0.5) is 0 Å². The lowest BCUT2D eigenvalue weighted by Gasteiger charge is -2.30. The van der Waals surface area contributed by atoms with Crippen LogP contribution in [0.5, 0.6) is 0 Å². The van der Waals surface area contributed by atoms with E-state index in [0.29, 0.717) is 5.78 Å². The number of nitrogens with zero attached hydrogens (tertiary/aromatic N) is 1. The summed E-state index contributed by atoms with van der Waals surface area (Å²) < 4.78 is 5.04. The van der Waals surface area contributed by atoms with Crippen LogP contribution in [0.3, 0.4) is 0 Å². The van der Waals surface area contributed by atoms with E-state index in [9.17, 15) is 4.79 Å². The topological polar surface area (TPSA) is 29.5 Å². The Balaban J connectivity index is 2.35. The highest BCUT2D eigenvalue weighted by molar-refractivity contribution is 5.81. The fourth-order valence-electron chi connectivity index (χ4n) is 2.46. The van der Waals surface area contributed by atoms with Crippen LogP contribution >= 0.6 is 0 Å². The van der Waals surface area contributed by atoms with Crippen molar-refractivity contribution in [1.82, 2.24) is 4.90 Å². The standard InChI is InChI=1S/C13H25NO2/c1-4-11-5-6-13(15)12(9-11)10-14(2)7-8-16-3/h11-12H,4-10H2,1-3H3. The van der Waals surface area contributed by atoms with Crippen molar-refractivity contribution >= 4 is 5.78 Å². The number of rotatable bonds is 6. The highest BCUT2D eigenvalue weighted by atomic mass is 16.5. The predicted molar refractivity (Wildman–Crippen MR) is 65.5 cm³/mol. The van der Waals surface area contributed by atoms with Crippen molar-refractivity contribution in [3.05, 3.63) is 0 Å². The van der Waals surface area contributed by atoms with Crippen LogP contribution in [-0.2, 0) is 9.53 Å². The second-order valence-corrected chi connectivity index (χ2v) is 4.97. The number of carbonyl (C=O) groups excluding carboxylic acids is 1.